The second-order valence-corrected chi connectivity index (χ2v) is 15.1. The van der Waals surface area contributed by atoms with Gasteiger partial charge in [-0.3, -0.25) is 43.9 Å². The SMILES string of the molecule is O=C(/C=C/C(=O)N1CCC(CN2CCN(c3cc4c(cc3F)C(=O)N(C3CCC(=O)NC3=O)C4=O)CC2)CC1)Nc1ccc(NC(=O)Nc2ccc3cc[nH]c3c2)cc1. The molecule has 5 N–H and O–H groups in total. The molecule has 0 bridgehead atoms. The van der Waals surface area contributed by atoms with Crippen molar-refractivity contribution in [2.45, 2.75) is 31.7 Å². The normalized spacial score (nSPS) is 19.0. The molecule has 4 aromatic rings. The van der Waals surface area contributed by atoms with Crippen LogP contribution in [-0.2, 0) is 19.2 Å². The van der Waals surface area contributed by atoms with Crippen molar-refractivity contribution in [3.8, 4) is 0 Å². The molecule has 1 atom stereocenters. The Hall–Kier alpha value is -6.88. The van der Waals surface area contributed by atoms with Gasteiger partial charge in [0.1, 0.15) is 11.9 Å². The number of benzene rings is 3. The summed E-state index contributed by atoms with van der Waals surface area (Å²) in [6.45, 7) is 4.25. The number of amides is 8. The number of rotatable bonds is 9. The summed E-state index contributed by atoms with van der Waals surface area (Å²) in [4.78, 5) is 98.1. The molecular formula is C42H42FN9O7. The van der Waals surface area contributed by atoms with Crippen molar-refractivity contribution in [1.29, 1.82) is 0 Å². The molecule has 0 spiro atoms. The number of aromatic nitrogens is 1. The number of carbonyl (C=O) groups excluding carboxylic acids is 7. The number of likely N-dealkylation sites (tertiary alicyclic amines) is 1. The molecule has 3 saturated heterocycles. The third kappa shape index (κ3) is 8.55. The lowest BCUT2D eigenvalue weighted by Gasteiger charge is -2.39. The van der Waals surface area contributed by atoms with Gasteiger partial charge in [-0.05, 0) is 85.2 Å². The molecule has 3 aromatic carbocycles. The number of hydrogen-bond donors (Lipinski definition) is 5. The number of carbonyl (C=O) groups is 7. The van der Waals surface area contributed by atoms with Gasteiger partial charge in [0, 0.05) is 93.2 Å². The van der Waals surface area contributed by atoms with E-state index in [0.717, 1.165) is 41.3 Å². The summed E-state index contributed by atoms with van der Waals surface area (Å²) in [7, 11) is 0. The van der Waals surface area contributed by atoms with Gasteiger partial charge in [0.05, 0.1) is 16.8 Å². The van der Waals surface area contributed by atoms with Gasteiger partial charge in [0.2, 0.25) is 23.6 Å². The van der Waals surface area contributed by atoms with Gasteiger partial charge >= 0.3 is 6.03 Å². The Kier molecular flexibility index (Phi) is 10.9. The van der Waals surface area contributed by atoms with E-state index < -0.39 is 47.4 Å². The van der Waals surface area contributed by atoms with Crippen LogP contribution >= 0.6 is 0 Å². The largest absolute Gasteiger partial charge is 0.367 e. The second-order valence-electron chi connectivity index (χ2n) is 15.1. The van der Waals surface area contributed by atoms with E-state index in [1.807, 2.05) is 35.4 Å². The van der Waals surface area contributed by atoms with E-state index in [4.69, 9.17) is 0 Å². The van der Waals surface area contributed by atoms with E-state index >= 15 is 4.39 Å². The number of halogens is 1. The van der Waals surface area contributed by atoms with Gasteiger partial charge in [-0.15, -0.1) is 0 Å². The Morgan fingerprint density at radius 3 is 2.12 bits per heavy atom. The van der Waals surface area contributed by atoms with Gasteiger partial charge in [0.15, 0.2) is 0 Å². The van der Waals surface area contributed by atoms with Crippen LogP contribution < -0.4 is 26.2 Å². The van der Waals surface area contributed by atoms with Gasteiger partial charge in [-0.2, -0.15) is 0 Å². The molecule has 4 aliphatic rings. The third-order valence-electron chi connectivity index (χ3n) is 11.3. The van der Waals surface area contributed by atoms with Crippen LogP contribution in [0.2, 0.25) is 0 Å². The predicted molar refractivity (Wildman–Crippen MR) is 216 cm³/mol. The molecule has 304 valence electrons. The summed E-state index contributed by atoms with van der Waals surface area (Å²) in [6.07, 6.45) is 5.92. The summed E-state index contributed by atoms with van der Waals surface area (Å²) < 4.78 is 15.4. The Morgan fingerprint density at radius 2 is 1.41 bits per heavy atom. The average Bonchev–Trinajstić information content (AvgIpc) is 3.79. The fourth-order valence-corrected chi connectivity index (χ4v) is 8.09. The van der Waals surface area contributed by atoms with Crippen LogP contribution in [-0.4, -0.2) is 113 Å². The van der Waals surface area contributed by atoms with Crippen molar-refractivity contribution < 1.29 is 38.0 Å². The maximum absolute atomic E-state index is 15.4. The van der Waals surface area contributed by atoms with Crippen LogP contribution in [0, 0.1) is 11.7 Å². The molecule has 8 amide bonds. The minimum absolute atomic E-state index is 0.000790. The van der Waals surface area contributed by atoms with Crippen LogP contribution in [0.25, 0.3) is 10.9 Å². The van der Waals surface area contributed by atoms with E-state index in [-0.39, 0.29) is 35.6 Å². The summed E-state index contributed by atoms with van der Waals surface area (Å²) in [6, 6.07) is 15.0. The number of imide groups is 2. The van der Waals surface area contributed by atoms with Crippen LogP contribution in [0.15, 0.2) is 79.0 Å². The lowest BCUT2D eigenvalue weighted by atomic mass is 9.95. The highest BCUT2D eigenvalue weighted by molar-refractivity contribution is 6.23. The summed E-state index contributed by atoms with van der Waals surface area (Å²) in [5.41, 5.74) is 2.75. The molecule has 8 rings (SSSR count). The standard InChI is InChI=1S/C42H42FN9O7/c43-32-22-30-31(41(58)52(40(30)57)34-7-8-37(54)48-39(34)56)23-35(32)50-19-17-49(18-20-50)24-25-12-15-51(16-13-25)38(55)10-9-36(53)45-27-3-5-28(6-4-27)46-42(59)47-29-2-1-26-11-14-44-33(26)21-29/h1-6,9-11,14,21-23,25,34,44H,7-8,12-13,15-20,24H2,(H,45,53)(H2,46,47,59)(H,48,54,56)/b10-9+. The molecule has 0 radical (unpaired) electrons. The Balaban J connectivity index is 0.751. The molecule has 4 aliphatic heterocycles. The molecule has 0 saturated carbocycles. The highest BCUT2D eigenvalue weighted by Crippen LogP contribution is 2.33. The minimum Gasteiger partial charge on any atom is -0.367 e. The molecule has 0 aliphatic carbocycles. The highest BCUT2D eigenvalue weighted by atomic mass is 19.1. The van der Waals surface area contributed by atoms with E-state index in [1.54, 1.807) is 29.2 Å². The first-order chi connectivity index (χ1) is 28.5. The van der Waals surface area contributed by atoms with Gasteiger partial charge in [-0.1, -0.05) is 6.07 Å². The molecule has 1 unspecified atom stereocenters. The van der Waals surface area contributed by atoms with Crippen LogP contribution in [0.3, 0.4) is 0 Å². The number of nitrogens with zero attached hydrogens (tertiary/aromatic N) is 4. The molecule has 5 heterocycles. The number of nitrogens with one attached hydrogen (secondary N) is 5. The first kappa shape index (κ1) is 39.0. The lowest BCUT2D eigenvalue weighted by Crippen LogP contribution is -2.54. The van der Waals surface area contributed by atoms with E-state index in [2.05, 4.69) is 31.2 Å². The number of piperidine rings is 2. The maximum Gasteiger partial charge on any atom is 0.323 e. The number of H-pyrrole nitrogens is 1. The second kappa shape index (κ2) is 16.5. The Morgan fingerprint density at radius 1 is 0.746 bits per heavy atom. The Labute approximate surface area is 337 Å². The Bertz CT molecular complexity index is 2380. The molecule has 3 fully saturated rings. The molecule has 1 aromatic heterocycles. The van der Waals surface area contributed by atoms with E-state index in [9.17, 15) is 33.6 Å². The molecular weight excluding hydrogens is 762 g/mol. The number of fused-ring (bicyclic) bond motifs is 2. The number of aromatic amines is 1. The van der Waals surface area contributed by atoms with Crippen molar-refractivity contribution in [2.24, 2.45) is 5.92 Å². The first-order valence-corrected chi connectivity index (χ1v) is 19.5. The zero-order valence-corrected chi connectivity index (χ0v) is 32.0. The summed E-state index contributed by atoms with van der Waals surface area (Å²) in [5.74, 6) is -3.58. The van der Waals surface area contributed by atoms with E-state index in [0.29, 0.717) is 62.2 Å². The zero-order valence-electron chi connectivity index (χ0n) is 32.0. The van der Waals surface area contributed by atoms with Crippen molar-refractivity contribution in [3.63, 3.8) is 0 Å². The monoisotopic (exact) mass is 803 g/mol. The van der Waals surface area contributed by atoms with Gasteiger partial charge in [-0.25, -0.2) is 9.18 Å². The number of piperazine rings is 1. The molecule has 16 nitrogen and oxygen atoms in total. The number of hydrogen-bond acceptors (Lipinski definition) is 9. The average molecular weight is 804 g/mol. The van der Waals surface area contributed by atoms with Crippen LogP contribution in [0.1, 0.15) is 46.4 Å². The summed E-state index contributed by atoms with van der Waals surface area (Å²) in [5, 5.41) is 11.5. The quantitative estimate of drug-likeness (QED) is 0.123. The minimum atomic E-state index is -1.12. The van der Waals surface area contributed by atoms with Crippen LogP contribution in [0.5, 0.6) is 0 Å². The van der Waals surface area contributed by atoms with Crippen molar-refractivity contribution in [2.75, 3.05) is 66.7 Å². The fraction of sp³-hybridized carbons (Fsp3) is 0.310. The lowest BCUT2D eigenvalue weighted by molar-refractivity contribution is -0.136. The fourth-order valence-electron chi connectivity index (χ4n) is 8.09. The first-order valence-electron chi connectivity index (χ1n) is 19.5. The molecule has 59 heavy (non-hydrogen) atoms. The van der Waals surface area contributed by atoms with Gasteiger partial charge < -0.3 is 30.7 Å². The number of urea groups is 1. The number of anilines is 4. The van der Waals surface area contributed by atoms with E-state index in [1.165, 1.54) is 18.2 Å². The van der Waals surface area contributed by atoms with Crippen LogP contribution in [0.4, 0.5) is 31.9 Å². The van der Waals surface area contributed by atoms with Crippen molar-refractivity contribution in [3.05, 3.63) is 96.0 Å². The topological polar surface area (TPSA) is 196 Å². The predicted octanol–water partition coefficient (Wildman–Crippen LogP) is 3.91. The zero-order chi connectivity index (χ0) is 41.2. The van der Waals surface area contributed by atoms with Crippen molar-refractivity contribution in [1.82, 2.24) is 25.0 Å². The van der Waals surface area contributed by atoms with Gasteiger partial charge in [0.25, 0.3) is 11.8 Å². The third-order valence-corrected chi connectivity index (χ3v) is 11.3. The smallest absolute Gasteiger partial charge is 0.323 e. The van der Waals surface area contributed by atoms with Crippen molar-refractivity contribution >= 4 is 75.1 Å². The molecule has 17 heteroatoms. The summed E-state index contributed by atoms with van der Waals surface area (Å²) >= 11 is 0. The maximum atomic E-state index is 15.4. The highest BCUT2D eigenvalue weighted by Gasteiger charge is 2.45.